The van der Waals surface area contributed by atoms with Crippen LogP contribution in [0.3, 0.4) is 0 Å². The molecule has 1 aliphatic heterocycles. The van der Waals surface area contributed by atoms with Crippen molar-refractivity contribution in [3.05, 3.63) is 24.0 Å². The van der Waals surface area contributed by atoms with Crippen LogP contribution in [0.1, 0.15) is 45.2 Å². The molecule has 6 heteroatoms. The minimum atomic E-state index is -0.456. The van der Waals surface area contributed by atoms with E-state index in [-0.39, 0.29) is 6.09 Å². The smallest absolute Gasteiger partial charge is 0.410 e. The molecular weight excluding hydrogens is 318 g/mol. The third kappa shape index (κ3) is 6.20. The second-order valence-corrected chi connectivity index (χ2v) is 7.78. The third-order valence-electron chi connectivity index (χ3n) is 4.13. The zero-order valence-electron chi connectivity index (χ0n) is 16.1. The van der Waals surface area contributed by atoms with Crippen molar-refractivity contribution in [2.45, 2.75) is 45.1 Å². The van der Waals surface area contributed by atoms with Gasteiger partial charge in [0.05, 0.1) is 5.69 Å². The number of aromatic nitrogens is 1. The molecule has 0 radical (unpaired) electrons. The molecule has 0 atom stereocenters. The second-order valence-electron chi connectivity index (χ2n) is 7.78. The average molecular weight is 349 g/mol. The van der Waals surface area contributed by atoms with E-state index in [0.29, 0.717) is 25.6 Å². The van der Waals surface area contributed by atoms with Gasteiger partial charge in [0.1, 0.15) is 18.0 Å². The zero-order valence-corrected chi connectivity index (χ0v) is 16.1. The molecule has 140 valence electrons. The standard InChI is InChI=1S/C19H31N3O3/c1-19(2,3)25-18(23)22-11-8-15(9-12-22)17-16(7-6-10-20-17)24-14-13-21(4)5/h6-7,10,15H,8-9,11-14H2,1-5H3. The molecule has 1 aromatic rings. The minimum absolute atomic E-state index is 0.227. The maximum absolute atomic E-state index is 12.2. The molecule has 0 N–H and O–H groups in total. The van der Waals surface area contributed by atoms with Gasteiger partial charge in [-0.1, -0.05) is 0 Å². The summed E-state index contributed by atoms with van der Waals surface area (Å²) >= 11 is 0. The summed E-state index contributed by atoms with van der Waals surface area (Å²) in [6, 6.07) is 3.89. The molecule has 1 amide bonds. The molecule has 0 aliphatic carbocycles. The summed E-state index contributed by atoms with van der Waals surface area (Å²) in [5.74, 6) is 1.18. The predicted octanol–water partition coefficient (Wildman–Crippen LogP) is 3.14. The number of likely N-dealkylation sites (N-methyl/N-ethyl adjacent to an activating group) is 1. The number of carbonyl (C=O) groups excluding carboxylic acids is 1. The van der Waals surface area contributed by atoms with Crippen molar-refractivity contribution in [2.24, 2.45) is 0 Å². The predicted molar refractivity (Wildman–Crippen MR) is 98.1 cm³/mol. The Labute approximate surface area is 151 Å². The maximum atomic E-state index is 12.2. The van der Waals surface area contributed by atoms with Gasteiger partial charge in [-0.25, -0.2) is 4.79 Å². The molecule has 0 saturated carbocycles. The minimum Gasteiger partial charge on any atom is -0.490 e. The molecule has 1 aromatic heterocycles. The number of carbonyl (C=O) groups is 1. The van der Waals surface area contributed by atoms with Gasteiger partial charge < -0.3 is 19.3 Å². The van der Waals surface area contributed by atoms with Crippen LogP contribution >= 0.6 is 0 Å². The first kappa shape index (κ1) is 19.5. The molecule has 25 heavy (non-hydrogen) atoms. The molecule has 0 bridgehead atoms. The van der Waals surface area contributed by atoms with Crippen molar-refractivity contribution in [1.29, 1.82) is 0 Å². The third-order valence-corrected chi connectivity index (χ3v) is 4.13. The van der Waals surface area contributed by atoms with Gasteiger partial charge in [0.25, 0.3) is 0 Å². The highest BCUT2D eigenvalue weighted by Gasteiger charge is 2.29. The van der Waals surface area contributed by atoms with Gasteiger partial charge in [0, 0.05) is 31.7 Å². The molecule has 1 fully saturated rings. The monoisotopic (exact) mass is 349 g/mol. The van der Waals surface area contributed by atoms with Gasteiger partial charge in [-0.05, 0) is 59.8 Å². The Morgan fingerprint density at radius 3 is 2.60 bits per heavy atom. The Balaban J connectivity index is 1.93. The van der Waals surface area contributed by atoms with E-state index in [1.54, 1.807) is 4.90 Å². The highest BCUT2D eigenvalue weighted by molar-refractivity contribution is 5.68. The summed E-state index contributed by atoms with van der Waals surface area (Å²) in [4.78, 5) is 20.6. The first-order valence-electron chi connectivity index (χ1n) is 8.96. The molecular formula is C19H31N3O3. The summed E-state index contributed by atoms with van der Waals surface area (Å²) < 4.78 is 11.4. The van der Waals surface area contributed by atoms with Crippen LogP contribution in [0.15, 0.2) is 18.3 Å². The van der Waals surface area contributed by atoms with Gasteiger partial charge in [-0.15, -0.1) is 0 Å². The lowest BCUT2D eigenvalue weighted by Crippen LogP contribution is -2.41. The van der Waals surface area contributed by atoms with E-state index in [1.807, 2.05) is 53.2 Å². The van der Waals surface area contributed by atoms with Crippen LogP contribution in [0, 0.1) is 0 Å². The fraction of sp³-hybridized carbons (Fsp3) is 0.684. The van der Waals surface area contributed by atoms with E-state index in [0.717, 1.165) is 30.8 Å². The second kappa shape index (κ2) is 8.52. The molecule has 2 heterocycles. The van der Waals surface area contributed by atoms with Crippen LogP contribution in [0.4, 0.5) is 4.79 Å². The number of rotatable bonds is 5. The Morgan fingerprint density at radius 1 is 1.32 bits per heavy atom. The molecule has 1 saturated heterocycles. The molecule has 2 rings (SSSR count). The fourth-order valence-electron chi connectivity index (χ4n) is 2.83. The first-order chi connectivity index (χ1) is 11.8. The largest absolute Gasteiger partial charge is 0.490 e. The van der Waals surface area contributed by atoms with Gasteiger partial charge >= 0.3 is 6.09 Å². The normalized spacial score (nSPS) is 16.2. The van der Waals surface area contributed by atoms with Gasteiger partial charge in [0.15, 0.2) is 0 Å². The Bertz CT molecular complexity index is 561. The number of amides is 1. The van der Waals surface area contributed by atoms with Crippen LogP contribution in [-0.4, -0.2) is 66.8 Å². The quantitative estimate of drug-likeness (QED) is 0.817. The number of ether oxygens (including phenoxy) is 2. The number of hydrogen-bond acceptors (Lipinski definition) is 5. The highest BCUT2D eigenvalue weighted by atomic mass is 16.6. The van der Waals surface area contributed by atoms with E-state index < -0.39 is 5.60 Å². The van der Waals surface area contributed by atoms with Gasteiger partial charge in [-0.2, -0.15) is 0 Å². The number of pyridine rings is 1. The lowest BCUT2D eigenvalue weighted by Gasteiger charge is -2.33. The SMILES string of the molecule is CN(C)CCOc1cccnc1C1CCN(C(=O)OC(C)(C)C)CC1. The number of nitrogens with zero attached hydrogens (tertiary/aromatic N) is 3. The summed E-state index contributed by atoms with van der Waals surface area (Å²) in [6.07, 6.45) is 3.34. The molecule has 6 nitrogen and oxygen atoms in total. The topological polar surface area (TPSA) is 54.9 Å². The molecule has 0 spiro atoms. The molecule has 1 aliphatic rings. The Kier molecular flexibility index (Phi) is 6.64. The lowest BCUT2D eigenvalue weighted by atomic mass is 9.92. The van der Waals surface area contributed by atoms with Crippen molar-refractivity contribution < 1.29 is 14.3 Å². The molecule has 0 unspecified atom stereocenters. The van der Waals surface area contributed by atoms with Gasteiger partial charge in [0.2, 0.25) is 0 Å². The van der Waals surface area contributed by atoms with Crippen LogP contribution in [0.25, 0.3) is 0 Å². The van der Waals surface area contributed by atoms with Crippen molar-refractivity contribution in [3.63, 3.8) is 0 Å². The van der Waals surface area contributed by atoms with Crippen LogP contribution < -0.4 is 4.74 Å². The maximum Gasteiger partial charge on any atom is 0.410 e. The summed E-state index contributed by atoms with van der Waals surface area (Å²) in [7, 11) is 4.06. The average Bonchev–Trinajstić information content (AvgIpc) is 2.53. The van der Waals surface area contributed by atoms with Crippen LogP contribution in [-0.2, 0) is 4.74 Å². The van der Waals surface area contributed by atoms with E-state index >= 15 is 0 Å². The van der Waals surface area contributed by atoms with Crippen LogP contribution in [0.2, 0.25) is 0 Å². The number of likely N-dealkylation sites (tertiary alicyclic amines) is 1. The molecule has 0 aromatic carbocycles. The summed E-state index contributed by atoms with van der Waals surface area (Å²) in [6.45, 7) is 8.56. The van der Waals surface area contributed by atoms with E-state index in [4.69, 9.17) is 9.47 Å². The lowest BCUT2D eigenvalue weighted by molar-refractivity contribution is 0.0203. The summed E-state index contributed by atoms with van der Waals surface area (Å²) in [5.41, 5.74) is 0.549. The summed E-state index contributed by atoms with van der Waals surface area (Å²) in [5, 5.41) is 0. The Morgan fingerprint density at radius 2 is 2.00 bits per heavy atom. The van der Waals surface area contributed by atoms with E-state index in [2.05, 4.69) is 9.88 Å². The van der Waals surface area contributed by atoms with Crippen LogP contribution in [0.5, 0.6) is 5.75 Å². The Hall–Kier alpha value is -1.82. The van der Waals surface area contributed by atoms with Crippen molar-refractivity contribution >= 4 is 6.09 Å². The van der Waals surface area contributed by atoms with E-state index in [9.17, 15) is 4.79 Å². The first-order valence-corrected chi connectivity index (χ1v) is 8.96. The van der Waals surface area contributed by atoms with Crippen molar-refractivity contribution in [1.82, 2.24) is 14.8 Å². The van der Waals surface area contributed by atoms with Crippen molar-refractivity contribution in [2.75, 3.05) is 40.3 Å². The van der Waals surface area contributed by atoms with Crippen molar-refractivity contribution in [3.8, 4) is 5.75 Å². The number of hydrogen-bond donors (Lipinski definition) is 0. The highest BCUT2D eigenvalue weighted by Crippen LogP contribution is 2.33. The zero-order chi connectivity index (χ0) is 18.4. The van der Waals surface area contributed by atoms with E-state index in [1.165, 1.54) is 0 Å². The van der Waals surface area contributed by atoms with Gasteiger partial charge in [-0.3, -0.25) is 4.98 Å². The number of piperidine rings is 1. The fourth-order valence-corrected chi connectivity index (χ4v) is 2.83.